The van der Waals surface area contributed by atoms with Gasteiger partial charge in [0.15, 0.2) is 0 Å². The van der Waals surface area contributed by atoms with Crippen molar-refractivity contribution in [2.75, 3.05) is 0 Å². The maximum atomic E-state index is 13.8. The molecule has 0 radical (unpaired) electrons. The standard InChI is InChI=1S/C23H15F3N6OS/c24-23(25,26)17-11-5-7-13-19(17)31-20(27-18-12-6-4-10-16(18)21(31)33)14-34-22-28-29-30-32(22)15-8-2-1-3-9-15/h1-13H,14H2. The largest absolute Gasteiger partial charge is 0.418 e. The van der Waals surface area contributed by atoms with Crippen LogP contribution >= 0.6 is 11.8 Å². The Balaban J connectivity index is 1.63. The van der Waals surface area contributed by atoms with Crippen LogP contribution in [0.3, 0.4) is 0 Å². The van der Waals surface area contributed by atoms with Crippen LogP contribution < -0.4 is 5.56 Å². The molecule has 0 aliphatic carbocycles. The zero-order chi connectivity index (χ0) is 23.7. The molecule has 2 heterocycles. The van der Waals surface area contributed by atoms with Crippen molar-refractivity contribution in [1.29, 1.82) is 0 Å². The minimum absolute atomic E-state index is 0.0550. The fourth-order valence-corrected chi connectivity index (χ4v) is 4.37. The summed E-state index contributed by atoms with van der Waals surface area (Å²) >= 11 is 1.16. The molecule has 0 aliphatic heterocycles. The first-order chi connectivity index (χ1) is 16.4. The van der Waals surface area contributed by atoms with E-state index < -0.39 is 17.3 Å². The second kappa shape index (κ2) is 8.75. The lowest BCUT2D eigenvalue weighted by Gasteiger charge is -2.18. The predicted molar refractivity (Wildman–Crippen MR) is 121 cm³/mol. The molecular formula is C23H15F3N6OS. The second-order valence-electron chi connectivity index (χ2n) is 7.20. The van der Waals surface area contributed by atoms with E-state index in [-0.39, 0.29) is 22.7 Å². The maximum absolute atomic E-state index is 13.8. The molecule has 5 aromatic rings. The Morgan fingerprint density at radius 1 is 0.882 bits per heavy atom. The summed E-state index contributed by atoms with van der Waals surface area (Å²) in [6.45, 7) is 0. The summed E-state index contributed by atoms with van der Waals surface area (Å²) < 4.78 is 43.9. The first-order valence-corrected chi connectivity index (χ1v) is 11.1. The third-order valence-corrected chi connectivity index (χ3v) is 5.98. The Morgan fingerprint density at radius 2 is 1.59 bits per heavy atom. The highest BCUT2D eigenvalue weighted by molar-refractivity contribution is 7.98. The third kappa shape index (κ3) is 4.05. The van der Waals surface area contributed by atoms with Gasteiger partial charge in [-0.1, -0.05) is 54.2 Å². The van der Waals surface area contributed by atoms with Crippen molar-refractivity contribution in [3.05, 3.63) is 101 Å². The van der Waals surface area contributed by atoms with Gasteiger partial charge in [-0.25, -0.2) is 4.98 Å². The molecule has 2 aromatic heterocycles. The van der Waals surface area contributed by atoms with E-state index in [9.17, 15) is 18.0 Å². The van der Waals surface area contributed by atoms with E-state index in [4.69, 9.17) is 0 Å². The number of alkyl halides is 3. The number of thioether (sulfide) groups is 1. The monoisotopic (exact) mass is 480 g/mol. The van der Waals surface area contributed by atoms with E-state index in [0.717, 1.165) is 28.1 Å². The van der Waals surface area contributed by atoms with Crippen LogP contribution in [0.4, 0.5) is 13.2 Å². The summed E-state index contributed by atoms with van der Waals surface area (Å²) in [7, 11) is 0. The number of benzene rings is 3. The molecule has 5 rings (SSSR count). The fraction of sp³-hybridized carbons (Fsp3) is 0.0870. The van der Waals surface area contributed by atoms with Crippen molar-refractivity contribution in [2.24, 2.45) is 0 Å². The Kier molecular flexibility index (Phi) is 5.62. The number of rotatable bonds is 5. The fourth-order valence-electron chi connectivity index (χ4n) is 3.56. The van der Waals surface area contributed by atoms with Gasteiger partial charge < -0.3 is 0 Å². The molecule has 0 saturated heterocycles. The molecule has 0 fully saturated rings. The van der Waals surface area contributed by atoms with E-state index in [1.807, 2.05) is 30.3 Å². The lowest BCUT2D eigenvalue weighted by atomic mass is 10.1. The minimum atomic E-state index is -4.65. The van der Waals surface area contributed by atoms with Crippen LogP contribution in [0.1, 0.15) is 11.4 Å². The van der Waals surface area contributed by atoms with E-state index in [1.165, 1.54) is 22.9 Å². The Labute approximate surface area is 194 Å². The molecule has 0 amide bonds. The molecule has 0 unspecified atom stereocenters. The first-order valence-electron chi connectivity index (χ1n) is 10.1. The third-order valence-electron chi connectivity index (χ3n) is 5.07. The molecule has 0 aliphatic rings. The average Bonchev–Trinajstić information content (AvgIpc) is 3.32. The summed E-state index contributed by atoms with van der Waals surface area (Å²) in [5, 5.41) is 12.4. The van der Waals surface area contributed by atoms with E-state index >= 15 is 0 Å². The Bertz CT molecular complexity index is 1530. The molecule has 0 bridgehead atoms. The van der Waals surface area contributed by atoms with Crippen LogP contribution in [0.15, 0.2) is 88.8 Å². The van der Waals surface area contributed by atoms with Crippen LogP contribution in [0.5, 0.6) is 0 Å². The molecule has 0 atom stereocenters. The van der Waals surface area contributed by atoms with Crippen LogP contribution in [-0.2, 0) is 11.9 Å². The van der Waals surface area contributed by atoms with Crippen molar-refractivity contribution in [1.82, 2.24) is 29.8 Å². The predicted octanol–water partition coefficient (Wildman–Crippen LogP) is 4.67. The maximum Gasteiger partial charge on any atom is 0.418 e. The minimum Gasteiger partial charge on any atom is -0.268 e. The van der Waals surface area contributed by atoms with E-state index in [1.54, 1.807) is 24.3 Å². The topological polar surface area (TPSA) is 78.5 Å². The van der Waals surface area contributed by atoms with Gasteiger partial charge in [0, 0.05) is 0 Å². The zero-order valence-corrected chi connectivity index (χ0v) is 18.2. The average molecular weight is 480 g/mol. The summed E-state index contributed by atoms with van der Waals surface area (Å²) in [5.74, 6) is 0.201. The van der Waals surface area contributed by atoms with Crippen LogP contribution in [0.2, 0.25) is 0 Å². The number of para-hydroxylation sites is 3. The van der Waals surface area contributed by atoms with E-state index in [2.05, 4.69) is 20.5 Å². The van der Waals surface area contributed by atoms with Gasteiger partial charge in [0.2, 0.25) is 5.16 Å². The number of halogens is 3. The number of tetrazole rings is 1. The molecule has 170 valence electrons. The Hall–Kier alpha value is -3.99. The second-order valence-corrected chi connectivity index (χ2v) is 8.14. The number of aromatic nitrogens is 6. The quantitative estimate of drug-likeness (QED) is 0.340. The van der Waals surface area contributed by atoms with Gasteiger partial charge in [-0.15, -0.1) is 5.10 Å². The highest BCUT2D eigenvalue weighted by Gasteiger charge is 2.34. The van der Waals surface area contributed by atoms with Gasteiger partial charge in [-0.05, 0) is 46.8 Å². The van der Waals surface area contributed by atoms with Gasteiger partial charge in [-0.3, -0.25) is 9.36 Å². The smallest absolute Gasteiger partial charge is 0.268 e. The van der Waals surface area contributed by atoms with Crippen LogP contribution in [0.25, 0.3) is 22.3 Å². The molecule has 7 nitrogen and oxygen atoms in total. The van der Waals surface area contributed by atoms with Gasteiger partial charge in [-0.2, -0.15) is 17.9 Å². The lowest BCUT2D eigenvalue weighted by Crippen LogP contribution is -2.26. The lowest BCUT2D eigenvalue weighted by molar-refractivity contribution is -0.137. The van der Waals surface area contributed by atoms with Crippen molar-refractivity contribution < 1.29 is 13.2 Å². The van der Waals surface area contributed by atoms with Crippen LogP contribution in [0, 0.1) is 0 Å². The normalized spacial score (nSPS) is 11.7. The van der Waals surface area contributed by atoms with Gasteiger partial charge >= 0.3 is 6.18 Å². The molecule has 0 N–H and O–H groups in total. The summed E-state index contributed by atoms with van der Waals surface area (Å²) in [4.78, 5) is 17.9. The van der Waals surface area contributed by atoms with Crippen molar-refractivity contribution in [3.8, 4) is 11.4 Å². The highest BCUT2D eigenvalue weighted by Crippen LogP contribution is 2.34. The number of fused-ring (bicyclic) bond motifs is 1. The number of hydrogen-bond acceptors (Lipinski definition) is 6. The van der Waals surface area contributed by atoms with Crippen LogP contribution in [-0.4, -0.2) is 29.8 Å². The Morgan fingerprint density at radius 3 is 2.38 bits per heavy atom. The van der Waals surface area contributed by atoms with E-state index in [0.29, 0.717) is 10.7 Å². The molecule has 0 spiro atoms. The summed E-state index contributed by atoms with van der Waals surface area (Å²) in [6, 6.07) is 20.7. The van der Waals surface area contributed by atoms with Gasteiger partial charge in [0.25, 0.3) is 5.56 Å². The first kappa shape index (κ1) is 21.8. The van der Waals surface area contributed by atoms with Crippen molar-refractivity contribution in [3.63, 3.8) is 0 Å². The zero-order valence-electron chi connectivity index (χ0n) is 17.3. The molecule has 0 saturated carbocycles. The molecule has 11 heteroatoms. The molecule has 34 heavy (non-hydrogen) atoms. The molecular weight excluding hydrogens is 465 g/mol. The van der Waals surface area contributed by atoms with Gasteiger partial charge in [0.05, 0.1) is 33.6 Å². The van der Waals surface area contributed by atoms with Gasteiger partial charge in [0.1, 0.15) is 5.82 Å². The van der Waals surface area contributed by atoms with Crippen molar-refractivity contribution >= 4 is 22.7 Å². The SMILES string of the molecule is O=c1c2ccccc2nc(CSc2nnnn2-c2ccccc2)n1-c1ccccc1C(F)(F)F. The highest BCUT2D eigenvalue weighted by atomic mass is 32.2. The number of hydrogen-bond donors (Lipinski definition) is 0. The molecule has 3 aromatic carbocycles. The number of nitrogens with zero attached hydrogens (tertiary/aromatic N) is 6. The summed E-state index contributed by atoms with van der Waals surface area (Å²) in [5.41, 5.74) is -0.667. The summed E-state index contributed by atoms with van der Waals surface area (Å²) in [6.07, 6.45) is -4.65. The van der Waals surface area contributed by atoms with Crippen molar-refractivity contribution in [2.45, 2.75) is 17.1 Å².